The molecular formula is C20H19Cl2N3O2. The summed E-state index contributed by atoms with van der Waals surface area (Å²) in [5.41, 5.74) is 0.311. The van der Waals surface area contributed by atoms with Gasteiger partial charge in [-0.25, -0.2) is 9.67 Å². The van der Waals surface area contributed by atoms with E-state index in [0.29, 0.717) is 23.2 Å². The molecule has 3 aromatic rings. The molecule has 2 atom stereocenters. The van der Waals surface area contributed by atoms with Gasteiger partial charge >= 0.3 is 0 Å². The quantitative estimate of drug-likeness (QED) is 0.596. The molecule has 0 aliphatic carbocycles. The van der Waals surface area contributed by atoms with Gasteiger partial charge in [0.05, 0.1) is 12.6 Å². The second kappa shape index (κ2) is 7.89. The third-order valence-corrected chi connectivity index (χ3v) is 5.30. The first-order valence-electron chi connectivity index (χ1n) is 8.78. The average Bonchev–Trinajstić information content (AvgIpc) is 3.32. The Labute approximate surface area is 167 Å². The fourth-order valence-electron chi connectivity index (χ4n) is 3.49. The fraction of sp³-hybridized carbons (Fsp3) is 0.300. The molecule has 27 heavy (non-hydrogen) atoms. The fourth-order valence-corrected chi connectivity index (χ4v) is 4.07. The Morgan fingerprint density at radius 2 is 2.04 bits per heavy atom. The number of hydrogen-bond acceptors (Lipinski definition) is 4. The zero-order chi connectivity index (χ0) is 18.7. The van der Waals surface area contributed by atoms with Crippen LogP contribution in [0.25, 0.3) is 0 Å². The van der Waals surface area contributed by atoms with E-state index in [0.717, 1.165) is 24.2 Å². The number of ether oxygens (including phenoxy) is 2. The maximum absolute atomic E-state index is 6.52. The molecule has 2 aromatic carbocycles. The minimum Gasteiger partial charge on any atom is -0.491 e. The summed E-state index contributed by atoms with van der Waals surface area (Å²) in [6.07, 6.45) is 4.82. The van der Waals surface area contributed by atoms with Crippen molar-refractivity contribution in [2.24, 2.45) is 0 Å². The van der Waals surface area contributed by atoms with Gasteiger partial charge in [0.15, 0.2) is 0 Å². The number of aromatic nitrogens is 3. The number of rotatable bonds is 6. The third-order valence-electron chi connectivity index (χ3n) is 4.75. The van der Waals surface area contributed by atoms with Crippen molar-refractivity contribution in [2.75, 3.05) is 6.61 Å². The molecule has 1 saturated heterocycles. The van der Waals surface area contributed by atoms with E-state index in [9.17, 15) is 0 Å². The average molecular weight is 404 g/mol. The number of para-hydroxylation sites is 1. The zero-order valence-corrected chi connectivity index (χ0v) is 16.1. The molecule has 7 heteroatoms. The van der Waals surface area contributed by atoms with Gasteiger partial charge in [0.2, 0.25) is 0 Å². The van der Waals surface area contributed by atoms with Crippen molar-refractivity contribution in [3.8, 4) is 5.75 Å². The van der Waals surface area contributed by atoms with E-state index in [4.69, 9.17) is 32.7 Å². The van der Waals surface area contributed by atoms with Crippen LogP contribution in [0.2, 0.25) is 10.0 Å². The van der Waals surface area contributed by atoms with Crippen molar-refractivity contribution in [3.05, 3.63) is 76.8 Å². The molecule has 1 fully saturated rings. The van der Waals surface area contributed by atoms with Gasteiger partial charge in [0.1, 0.15) is 30.6 Å². The number of benzene rings is 2. The van der Waals surface area contributed by atoms with Crippen LogP contribution < -0.4 is 4.74 Å². The van der Waals surface area contributed by atoms with Crippen molar-refractivity contribution in [1.82, 2.24) is 14.8 Å². The Balaban J connectivity index is 1.56. The van der Waals surface area contributed by atoms with Crippen LogP contribution in [0.5, 0.6) is 5.75 Å². The summed E-state index contributed by atoms with van der Waals surface area (Å²) in [5, 5.41) is 5.43. The lowest BCUT2D eigenvalue weighted by atomic mass is 9.90. The molecule has 0 saturated carbocycles. The van der Waals surface area contributed by atoms with E-state index in [2.05, 4.69) is 10.1 Å². The largest absolute Gasteiger partial charge is 0.491 e. The highest BCUT2D eigenvalue weighted by molar-refractivity contribution is 6.35. The van der Waals surface area contributed by atoms with Crippen molar-refractivity contribution in [2.45, 2.75) is 31.1 Å². The van der Waals surface area contributed by atoms with E-state index < -0.39 is 5.60 Å². The highest BCUT2D eigenvalue weighted by Gasteiger charge is 2.44. The molecule has 0 bridgehead atoms. The van der Waals surface area contributed by atoms with Gasteiger partial charge in [0, 0.05) is 15.6 Å². The van der Waals surface area contributed by atoms with Gasteiger partial charge in [-0.05, 0) is 37.1 Å². The van der Waals surface area contributed by atoms with E-state index in [1.165, 1.54) is 6.33 Å². The van der Waals surface area contributed by atoms with E-state index >= 15 is 0 Å². The molecular weight excluding hydrogens is 385 g/mol. The first kappa shape index (κ1) is 18.3. The predicted molar refractivity (Wildman–Crippen MR) is 104 cm³/mol. The summed E-state index contributed by atoms with van der Waals surface area (Å²) >= 11 is 12.6. The Hall–Kier alpha value is -2.08. The molecule has 4 rings (SSSR count). The van der Waals surface area contributed by atoms with Crippen LogP contribution in [0.1, 0.15) is 18.4 Å². The summed E-state index contributed by atoms with van der Waals surface area (Å²) in [6, 6.07) is 15.3. The van der Waals surface area contributed by atoms with Crippen LogP contribution in [0.4, 0.5) is 0 Å². The third kappa shape index (κ3) is 4.10. The minimum absolute atomic E-state index is 0.0412. The van der Waals surface area contributed by atoms with Gasteiger partial charge in [-0.15, -0.1) is 0 Å². The molecule has 0 N–H and O–H groups in total. The van der Waals surface area contributed by atoms with Crippen molar-refractivity contribution >= 4 is 23.2 Å². The number of nitrogens with zero attached hydrogens (tertiary/aromatic N) is 3. The first-order chi connectivity index (χ1) is 13.1. The Morgan fingerprint density at radius 3 is 2.78 bits per heavy atom. The lowest BCUT2D eigenvalue weighted by Crippen LogP contribution is -2.33. The first-order valence-corrected chi connectivity index (χ1v) is 9.54. The Morgan fingerprint density at radius 1 is 1.19 bits per heavy atom. The number of hydrogen-bond donors (Lipinski definition) is 0. The molecule has 0 amide bonds. The molecule has 2 heterocycles. The standard InChI is InChI=1S/C20H19Cl2N3O2/c21-15-6-7-18(19(22)10-15)20(12-25-14-23-13-24-25)9-8-17(27-20)11-26-16-4-2-1-3-5-16/h1-7,10,13-14,17H,8-9,11-12H2. The molecule has 0 radical (unpaired) electrons. The molecule has 1 aliphatic heterocycles. The summed E-state index contributed by atoms with van der Waals surface area (Å²) in [6.45, 7) is 1.00. The maximum atomic E-state index is 6.52. The SMILES string of the molecule is Clc1ccc(C2(Cn3cncn3)CCC(COc3ccccc3)O2)c(Cl)c1. The molecule has 0 spiro atoms. The number of halogens is 2. The monoisotopic (exact) mass is 403 g/mol. The normalized spacial score (nSPS) is 22.1. The van der Waals surface area contributed by atoms with Crippen LogP contribution in [0.15, 0.2) is 61.2 Å². The van der Waals surface area contributed by atoms with E-state index in [1.807, 2.05) is 42.5 Å². The molecule has 2 unspecified atom stereocenters. The van der Waals surface area contributed by atoms with Crippen LogP contribution in [-0.2, 0) is 16.9 Å². The van der Waals surface area contributed by atoms with E-state index in [-0.39, 0.29) is 6.10 Å². The lowest BCUT2D eigenvalue weighted by molar-refractivity contribution is -0.0715. The molecule has 1 aromatic heterocycles. The second-order valence-electron chi connectivity index (χ2n) is 6.61. The Bertz CT molecular complexity index is 890. The van der Waals surface area contributed by atoms with Crippen molar-refractivity contribution in [1.29, 1.82) is 0 Å². The van der Waals surface area contributed by atoms with Gasteiger partial charge in [0.25, 0.3) is 0 Å². The zero-order valence-electron chi connectivity index (χ0n) is 14.6. The summed E-state index contributed by atoms with van der Waals surface area (Å²) in [4.78, 5) is 4.04. The Kier molecular flexibility index (Phi) is 5.34. The summed E-state index contributed by atoms with van der Waals surface area (Å²) in [5.74, 6) is 0.833. The highest BCUT2D eigenvalue weighted by atomic mass is 35.5. The molecule has 5 nitrogen and oxygen atoms in total. The molecule has 140 valence electrons. The van der Waals surface area contributed by atoms with Gasteiger partial charge in [-0.1, -0.05) is 47.5 Å². The summed E-state index contributed by atoms with van der Waals surface area (Å²) in [7, 11) is 0. The van der Waals surface area contributed by atoms with Gasteiger partial charge in [-0.3, -0.25) is 0 Å². The van der Waals surface area contributed by atoms with Gasteiger partial charge in [-0.2, -0.15) is 5.10 Å². The topological polar surface area (TPSA) is 49.2 Å². The summed E-state index contributed by atoms with van der Waals surface area (Å²) < 4.78 is 14.2. The predicted octanol–water partition coefficient (Wildman–Crippen LogP) is 4.74. The lowest BCUT2D eigenvalue weighted by Gasteiger charge is -2.31. The second-order valence-corrected chi connectivity index (χ2v) is 7.46. The van der Waals surface area contributed by atoms with Crippen LogP contribution in [0, 0.1) is 0 Å². The maximum Gasteiger partial charge on any atom is 0.137 e. The smallest absolute Gasteiger partial charge is 0.137 e. The van der Waals surface area contributed by atoms with Crippen molar-refractivity contribution in [3.63, 3.8) is 0 Å². The van der Waals surface area contributed by atoms with Crippen LogP contribution >= 0.6 is 23.2 Å². The minimum atomic E-state index is -0.597. The molecule has 1 aliphatic rings. The van der Waals surface area contributed by atoms with Gasteiger partial charge < -0.3 is 9.47 Å². The van der Waals surface area contributed by atoms with Crippen molar-refractivity contribution < 1.29 is 9.47 Å². The highest BCUT2D eigenvalue weighted by Crippen LogP contribution is 2.44. The van der Waals surface area contributed by atoms with Crippen LogP contribution in [0.3, 0.4) is 0 Å². The van der Waals surface area contributed by atoms with E-state index in [1.54, 1.807) is 17.1 Å². The van der Waals surface area contributed by atoms with Crippen LogP contribution in [-0.4, -0.2) is 27.5 Å².